The topological polar surface area (TPSA) is 58.9 Å². The number of ether oxygens (including phenoxy) is 2. The van der Waals surface area contributed by atoms with Gasteiger partial charge >= 0.3 is 0 Å². The van der Waals surface area contributed by atoms with E-state index in [9.17, 15) is 5.11 Å². The van der Waals surface area contributed by atoms with Crippen molar-refractivity contribution in [3.05, 3.63) is 28.8 Å². The molecule has 76 valence electrons. The zero-order valence-corrected chi connectivity index (χ0v) is 7.69. The first kappa shape index (κ1) is 9.45. The quantitative estimate of drug-likeness (QED) is 0.724. The highest BCUT2D eigenvalue weighted by atomic mass is 16.7. The lowest BCUT2D eigenvalue weighted by Gasteiger charge is -2.21. The third kappa shape index (κ3) is 1.48. The maximum Gasteiger partial charge on any atom is 0.189 e. The van der Waals surface area contributed by atoms with E-state index in [4.69, 9.17) is 14.6 Å². The molecule has 1 heterocycles. The minimum atomic E-state index is -0.105. The van der Waals surface area contributed by atoms with Gasteiger partial charge in [0.05, 0.1) is 19.8 Å². The highest BCUT2D eigenvalue weighted by Gasteiger charge is 2.16. The SMILES string of the molecule is OCc1ccc2c(c1CO)COCO2. The molecular formula is C10H12O4. The highest BCUT2D eigenvalue weighted by molar-refractivity contribution is 5.45. The molecule has 4 nitrogen and oxygen atoms in total. The number of rotatable bonds is 2. The van der Waals surface area contributed by atoms with Crippen LogP contribution >= 0.6 is 0 Å². The smallest absolute Gasteiger partial charge is 0.189 e. The van der Waals surface area contributed by atoms with Gasteiger partial charge in [0.2, 0.25) is 0 Å². The molecule has 2 rings (SSSR count). The van der Waals surface area contributed by atoms with Gasteiger partial charge in [-0.3, -0.25) is 0 Å². The summed E-state index contributed by atoms with van der Waals surface area (Å²) in [6.07, 6.45) is 0. The first-order valence-electron chi connectivity index (χ1n) is 4.42. The zero-order chi connectivity index (χ0) is 9.97. The van der Waals surface area contributed by atoms with Crippen LogP contribution < -0.4 is 4.74 Å². The van der Waals surface area contributed by atoms with Crippen LogP contribution in [0.4, 0.5) is 0 Å². The molecule has 0 bridgehead atoms. The minimum absolute atomic E-state index is 0.0802. The van der Waals surface area contributed by atoms with E-state index >= 15 is 0 Å². The van der Waals surface area contributed by atoms with E-state index in [2.05, 4.69) is 0 Å². The first-order valence-corrected chi connectivity index (χ1v) is 4.42. The number of aliphatic hydroxyl groups is 2. The second-order valence-corrected chi connectivity index (χ2v) is 3.11. The largest absolute Gasteiger partial charge is 0.467 e. The second kappa shape index (κ2) is 3.96. The van der Waals surface area contributed by atoms with E-state index in [1.54, 1.807) is 12.1 Å². The summed E-state index contributed by atoms with van der Waals surface area (Å²) in [5, 5.41) is 18.2. The van der Waals surface area contributed by atoms with Crippen molar-refractivity contribution in [2.75, 3.05) is 6.79 Å². The van der Waals surface area contributed by atoms with Gasteiger partial charge < -0.3 is 19.7 Å². The van der Waals surface area contributed by atoms with Crippen molar-refractivity contribution in [3.63, 3.8) is 0 Å². The number of aliphatic hydroxyl groups excluding tert-OH is 2. The summed E-state index contributed by atoms with van der Waals surface area (Å²) < 4.78 is 10.4. The molecule has 0 spiro atoms. The molecule has 1 aromatic rings. The Labute approximate surface area is 81.7 Å². The molecule has 0 saturated carbocycles. The van der Waals surface area contributed by atoms with E-state index < -0.39 is 0 Å². The predicted molar refractivity (Wildman–Crippen MR) is 48.6 cm³/mol. The van der Waals surface area contributed by atoms with Gasteiger partial charge in [0, 0.05) is 5.56 Å². The number of hydrogen-bond acceptors (Lipinski definition) is 4. The van der Waals surface area contributed by atoms with Crippen LogP contribution in [0.25, 0.3) is 0 Å². The van der Waals surface area contributed by atoms with Crippen molar-refractivity contribution in [1.82, 2.24) is 0 Å². The van der Waals surface area contributed by atoms with Crippen LogP contribution in [0.3, 0.4) is 0 Å². The molecule has 0 unspecified atom stereocenters. The second-order valence-electron chi connectivity index (χ2n) is 3.11. The average molecular weight is 196 g/mol. The van der Waals surface area contributed by atoms with Crippen LogP contribution in [-0.4, -0.2) is 17.0 Å². The monoisotopic (exact) mass is 196 g/mol. The van der Waals surface area contributed by atoms with Crippen molar-refractivity contribution in [3.8, 4) is 5.75 Å². The molecule has 0 atom stereocenters. The molecule has 0 radical (unpaired) electrons. The molecule has 14 heavy (non-hydrogen) atoms. The molecule has 0 amide bonds. The Hall–Kier alpha value is -1.10. The molecule has 0 aliphatic carbocycles. The van der Waals surface area contributed by atoms with Crippen molar-refractivity contribution >= 4 is 0 Å². The Bertz CT molecular complexity index is 320. The van der Waals surface area contributed by atoms with E-state index in [0.29, 0.717) is 12.2 Å². The standard InChI is InChI=1S/C10H12O4/c11-3-7-1-2-10-9(8(7)4-12)5-13-6-14-10/h1-2,11-12H,3-6H2. The van der Waals surface area contributed by atoms with E-state index in [1.165, 1.54) is 0 Å². The summed E-state index contributed by atoms with van der Waals surface area (Å²) in [4.78, 5) is 0. The average Bonchev–Trinajstić information content (AvgIpc) is 2.27. The Morgan fingerprint density at radius 3 is 2.79 bits per heavy atom. The molecule has 0 aromatic heterocycles. The number of benzene rings is 1. The van der Waals surface area contributed by atoms with Crippen LogP contribution in [-0.2, 0) is 24.6 Å². The Morgan fingerprint density at radius 1 is 1.21 bits per heavy atom. The molecule has 1 aliphatic heterocycles. The van der Waals surface area contributed by atoms with Crippen molar-refractivity contribution in [1.29, 1.82) is 0 Å². The molecule has 2 N–H and O–H groups in total. The third-order valence-corrected chi connectivity index (χ3v) is 2.36. The summed E-state index contributed by atoms with van der Waals surface area (Å²) >= 11 is 0. The van der Waals surface area contributed by atoms with Crippen LogP contribution in [0, 0.1) is 0 Å². The van der Waals surface area contributed by atoms with Gasteiger partial charge in [-0.05, 0) is 17.2 Å². The summed E-state index contributed by atoms with van der Waals surface area (Å²) in [7, 11) is 0. The van der Waals surface area contributed by atoms with Gasteiger partial charge in [0.15, 0.2) is 6.79 Å². The molecule has 4 heteroatoms. The molecule has 0 saturated heterocycles. The van der Waals surface area contributed by atoms with E-state index in [0.717, 1.165) is 16.9 Å². The Morgan fingerprint density at radius 2 is 2.07 bits per heavy atom. The highest BCUT2D eigenvalue weighted by Crippen LogP contribution is 2.29. The molecule has 1 aliphatic rings. The van der Waals surface area contributed by atoms with Crippen LogP contribution in [0.5, 0.6) is 5.75 Å². The fourth-order valence-electron chi connectivity index (χ4n) is 1.61. The maximum atomic E-state index is 9.18. The normalized spacial score (nSPS) is 14.7. The Balaban J connectivity index is 2.50. The molecule has 1 aromatic carbocycles. The Kier molecular flexibility index (Phi) is 2.67. The van der Waals surface area contributed by atoms with Gasteiger partial charge in [-0.25, -0.2) is 0 Å². The summed E-state index contributed by atoms with van der Waals surface area (Å²) in [5.74, 6) is 0.734. The van der Waals surface area contributed by atoms with Crippen molar-refractivity contribution in [2.45, 2.75) is 19.8 Å². The molecule has 0 fully saturated rings. The third-order valence-electron chi connectivity index (χ3n) is 2.36. The number of hydrogen-bond donors (Lipinski definition) is 2. The minimum Gasteiger partial charge on any atom is -0.467 e. The van der Waals surface area contributed by atoms with Crippen LogP contribution in [0.15, 0.2) is 12.1 Å². The van der Waals surface area contributed by atoms with Gasteiger partial charge in [-0.1, -0.05) is 6.07 Å². The first-order chi connectivity index (χ1) is 6.86. The lowest BCUT2D eigenvalue weighted by molar-refractivity contribution is -0.0175. The van der Waals surface area contributed by atoms with Crippen molar-refractivity contribution in [2.24, 2.45) is 0 Å². The summed E-state index contributed by atoms with van der Waals surface area (Å²) in [6, 6.07) is 3.55. The van der Waals surface area contributed by atoms with Gasteiger partial charge in [-0.2, -0.15) is 0 Å². The lowest BCUT2D eigenvalue weighted by atomic mass is 10.0. The predicted octanol–water partition coefficient (Wildman–Crippen LogP) is 0.538. The lowest BCUT2D eigenvalue weighted by Crippen LogP contribution is -2.14. The zero-order valence-electron chi connectivity index (χ0n) is 7.69. The van der Waals surface area contributed by atoms with Gasteiger partial charge in [0.1, 0.15) is 5.75 Å². The van der Waals surface area contributed by atoms with E-state index in [-0.39, 0.29) is 20.0 Å². The van der Waals surface area contributed by atoms with Gasteiger partial charge in [0.25, 0.3) is 0 Å². The fourth-order valence-corrected chi connectivity index (χ4v) is 1.61. The van der Waals surface area contributed by atoms with E-state index in [1.807, 2.05) is 0 Å². The van der Waals surface area contributed by atoms with Crippen LogP contribution in [0.1, 0.15) is 16.7 Å². The van der Waals surface area contributed by atoms with Crippen LogP contribution in [0.2, 0.25) is 0 Å². The van der Waals surface area contributed by atoms with Crippen molar-refractivity contribution < 1.29 is 19.7 Å². The van der Waals surface area contributed by atoms with Gasteiger partial charge in [-0.15, -0.1) is 0 Å². The fraction of sp³-hybridized carbons (Fsp3) is 0.400. The maximum absolute atomic E-state index is 9.18. The number of fused-ring (bicyclic) bond motifs is 1. The summed E-state index contributed by atoms with van der Waals surface area (Å²) in [5.41, 5.74) is 2.27. The molecular weight excluding hydrogens is 184 g/mol. The summed E-state index contributed by atoms with van der Waals surface area (Å²) in [6.45, 7) is 0.490.